The summed E-state index contributed by atoms with van der Waals surface area (Å²) in [7, 11) is 1.43. The molecule has 2 aromatic rings. The van der Waals surface area contributed by atoms with Crippen molar-refractivity contribution in [2.45, 2.75) is 5.03 Å². The van der Waals surface area contributed by atoms with E-state index in [0.717, 1.165) is 9.93 Å². The van der Waals surface area contributed by atoms with E-state index in [9.17, 15) is 14.4 Å². The summed E-state index contributed by atoms with van der Waals surface area (Å²) in [6, 6.07) is 7.99. The van der Waals surface area contributed by atoms with Crippen LogP contribution in [0.3, 0.4) is 0 Å². The van der Waals surface area contributed by atoms with Crippen molar-refractivity contribution in [3.63, 3.8) is 0 Å². The number of carbonyl (C=O) groups is 3. The lowest BCUT2D eigenvalue weighted by atomic mass is 10.1. The number of carbonyl (C=O) groups excluding carboxylic acids is 3. The van der Waals surface area contributed by atoms with E-state index in [0.29, 0.717) is 22.4 Å². The SMILES string of the molecule is CSc1cc(C(=O)Nc2ccc3c(c2)C(=O)N(C)C3=O)ccn1. The Morgan fingerprint density at radius 1 is 1.13 bits per heavy atom. The van der Waals surface area contributed by atoms with Crippen molar-refractivity contribution < 1.29 is 14.4 Å². The molecule has 0 fully saturated rings. The number of fused-ring (bicyclic) bond motifs is 1. The molecule has 0 radical (unpaired) electrons. The number of nitrogens with one attached hydrogen (secondary N) is 1. The van der Waals surface area contributed by atoms with Crippen LogP contribution in [0.5, 0.6) is 0 Å². The number of hydrogen-bond donors (Lipinski definition) is 1. The predicted molar refractivity (Wildman–Crippen MR) is 86.8 cm³/mol. The first-order valence-electron chi connectivity index (χ1n) is 6.79. The molecule has 3 rings (SSSR count). The van der Waals surface area contributed by atoms with Crippen molar-refractivity contribution >= 4 is 35.2 Å². The van der Waals surface area contributed by atoms with Gasteiger partial charge in [-0.2, -0.15) is 0 Å². The van der Waals surface area contributed by atoms with Crippen LogP contribution in [0, 0.1) is 0 Å². The predicted octanol–water partition coefficient (Wildman–Crippen LogP) is 2.28. The third kappa shape index (κ3) is 2.70. The highest BCUT2D eigenvalue weighted by atomic mass is 32.2. The third-order valence-electron chi connectivity index (χ3n) is 3.55. The number of pyridine rings is 1. The first kappa shape index (κ1) is 15.2. The van der Waals surface area contributed by atoms with E-state index < -0.39 is 0 Å². The van der Waals surface area contributed by atoms with Crippen LogP contribution in [0.1, 0.15) is 31.1 Å². The summed E-state index contributed by atoms with van der Waals surface area (Å²) < 4.78 is 0. The average molecular weight is 327 g/mol. The number of anilines is 1. The van der Waals surface area contributed by atoms with E-state index in [1.165, 1.54) is 24.9 Å². The Morgan fingerprint density at radius 2 is 1.87 bits per heavy atom. The second kappa shape index (κ2) is 5.85. The summed E-state index contributed by atoms with van der Waals surface area (Å²) in [4.78, 5) is 41.3. The monoisotopic (exact) mass is 327 g/mol. The minimum absolute atomic E-state index is 0.298. The van der Waals surface area contributed by atoms with Gasteiger partial charge in [-0.25, -0.2) is 4.98 Å². The van der Waals surface area contributed by atoms with Gasteiger partial charge < -0.3 is 5.32 Å². The number of benzene rings is 1. The molecular weight excluding hydrogens is 314 g/mol. The molecule has 3 amide bonds. The van der Waals surface area contributed by atoms with Gasteiger partial charge in [-0.05, 0) is 36.6 Å². The molecule has 0 aliphatic carbocycles. The maximum absolute atomic E-state index is 12.3. The lowest BCUT2D eigenvalue weighted by molar-refractivity contribution is 0.0692. The van der Waals surface area contributed by atoms with Gasteiger partial charge in [0.2, 0.25) is 0 Å². The Bertz CT molecular complexity index is 835. The summed E-state index contributed by atoms with van der Waals surface area (Å²) in [6.45, 7) is 0. The zero-order valence-electron chi connectivity index (χ0n) is 12.5. The molecule has 0 spiro atoms. The summed E-state index contributed by atoms with van der Waals surface area (Å²) >= 11 is 1.44. The maximum Gasteiger partial charge on any atom is 0.261 e. The molecule has 1 N–H and O–H groups in total. The van der Waals surface area contributed by atoms with Crippen LogP contribution < -0.4 is 5.32 Å². The second-order valence-electron chi connectivity index (χ2n) is 4.97. The highest BCUT2D eigenvalue weighted by Crippen LogP contribution is 2.25. The molecule has 0 saturated carbocycles. The van der Waals surface area contributed by atoms with Gasteiger partial charge in [-0.1, -0.05) is 0 Å². The molecule has 1 aromatic carbocycles. The van der Waals surface area contributed by atoms with Crippen molar-refractivity contribution in [1.82, 2.24) is 9.88 Å². The first-order chi connectivity index (χ1) is 11.0. The Balaban J connectivity index is 1.86. The van der Waals surface area contributed by atoms with Crippen molar-refractivity contribution in [3.8, 4) is 0 Å². The lowest BCUT2D eigenvalue weighted by Crippen LogP contribution is -2.24. The third-order valence-corrected chi connectivity index (χ3v) is 4.20. The quantitative estimate of drug-likeness (QED) is 0.691. The number of aromatic nitrogens is 1. The van der Waals surface area contributed by atoms with Gasteiger partial charge in [0, 0.05) is 24.5 Å². The van der Waals surface area contributed by atoms with Crippen molar-refractivity contribution in [2.75, 3.05) is 18.6 Å². The van der Waals surface area contributed by atoms with Crippen molar-refractivity contribution in [1.29, 1.82) is 0 Å². The van der Waals surface area contributed by atoms with Crippen LogP contribution >= 0.6 is 11.8 Å². The van der Waals surface area contributed by atoms with Crippen LogP contribution in [0.25, 0.3) is 0 Å². The zero-order valence-corrected chi connectivity index (χ0v) is 13.3. The van der Waals surface area contributed by atoms with Crippen LogP contribution in [-0.4, -0.2) is 40.9 Å². The minimum Gasteiger partial charge on any atom is -0.322 e. The van der Waals surface area contributed by atoms with Gasteiger partial charge in [0.25, 0.3) is 17.7 Å². The number of hydrogen-bond acceptors (Lipinski definition) is 5. The Hall–Kier alpha value is -2.67. The molecule has 6 nitrogen and oxygen atoms in total. The summed E-state index contributed by atoms with van der Waals surface area (Å²) in [5.41, 5.74) is 1.59. The number of nitrogens with zero attached hydrogens (tertiary/aromatic N) is 2. The van der Waals surface area contributed by atoms with Crippen LogP contribution in [0.15, 0.2) is 41.6 Å². The largest absolute Gasteiger partial charge is 0.322 e. The van der Waals surface area contributed by atoms with E-state index in [2.05, 4.69) is 10.3 Å². The molecular formula is C16H13N3O3S. The maximum atomic E-state index is 12.3. The molecule has 1 aliphatic heterocycles. The van der Waals surface area contributed by atoms with Gasteiger partial charge in [0.1, 0.15) is 0 Å². The number of thioether (sulfide) groups is 1. The van der Waals surface area contributed by atoms with Crippen molar-refractivity contribution in [3.05, 3.63) is 53.2 Å². The van der Waals surface area contributed by atoms with Crippen LogP contribution in [0.2, 0.25) is 0 Å². The standard InChI is InChI=1S/C16H13N3O3S/c1-19-15(21)11-4-3-10(8-12(11)16(19)22)18-14(20)9-5-6-17-13(7-9)23-2/h3-8H,1-2H3,(H,18,20). The number of imide groups is 1. The molecule has 0 atom stereocenters. The van der Waals surface area contributed by atoms with E-state index in [1.807, 2.05) is 6.26 Å². The van der Waals surface area contributed by atoms with Gasteiger partial charge in [0.05, 0.1) is 16.2 Å². The summed E-state index contributed by atoms with van der Waals surface area (Å²) in [6.07, 6.45) is 3.45. The fourth-order valence-electron chi connectivity index (χ4n) is 2.30. The topological polar surface area (TPSA) is 79.4 Å². The number of rotatable bonds is 3. The molecule has 0 saturated heterocycles. The van der Waals surface area contributed by atoms with Crippen molar-refractivity contribution in [2.24, 2.45) is 0 Å². The average Bonchev–Trinajstić information content (AvgIpc) is 2.79. The zero-order chi connectivity index (χ0) is 16.6. The molecule has 2 heterocycles. The Kier molecular flexibility index (Phi) is 3.87. The summed E-state index contributed by atoms with van der Waals surface area (Å²) in [5, 5.41) is 3.48. The molecule has 0 bridgehead atoms. The molecule has 7 heteroatoms. The Labute approximate surface area is 136 Å². The van der Waals surface area contributed by atoms with Crippen LogP contribution in [-0.2, 0) is 0 Å². The van der Waals surface area contributed by atoms with E-state index in [4.69, 9.17) is 0 Å². The van der Waals surface area contributed by atoms with E-state index >= 15 is 0 Å². The molecule has 0 unspecified atom stereocenters. The minimum atomic E-state index is -0.366. The first-order valence-corrected chi connectivity index (χ1v) is 8.01. The molecule has 116 valence electrons. The fraction of sp³-hybridized carbons (Fsp3) is 0.125. The van der Waals surface area contributed by atoms with Gasteiger partial charge in [0.15, 0.2) is 0 Å². The van der Waals surface area contributed by atoms with Gasteiger partial charge >= 0.3 is 0 Å². The molecule has 23 heavy (non-hydrogen) atoms. The lowest BCUT2D eigenvalue weighted by Gasteiger charge is -2.07. The Morgan fingerprint density at radius 3 is 2.61 bits per heavy atom. The highest BCUT2D eigenvalue weighted by molar-refractivity contribution is 7.98. The molecule has 1 aromatic heterocycles. The van der Waals surface area contributed by atoms with Crippen LogP contribution in [0.4, 0.5) is 5.69 Å². The number of amides is 3. The fourth-order valence-corrected chi connectivity index (χ4v) is 2.72. The highest BCUT2D eigenvalue weighted by Gasteiger charge is 2.32. The van der Waals surface area contributed by atoms with E-state index in [-0.39, 0.29) is 17.7 Å². The van der Waals surface area contributed by atoms with Gasteiger partial charge in [-0.3, -0.25) is 19.3 Å². The van der Waals surface area contributed by atoms with E-state index in [1.54, 1.807) is 30.5 Å². The normalized spacial score (nSPS) is 13.2. The summed E-state index contributed by atoms with van der Waals surface area (Å²) in [5.74, 6) is -0.996. The molecule has 1 aliphatic rings. The van der Waals surface area contributed by atoms with Gasteiger partial charge in [-0.15, -0.1) is 11.8 Å². The second-order valence-corrected chi connectivity index (χ2v) is 5.80. The smallest absolute Gasteiger partial charge is 0.261 e.